The molecule has 2 aliphatic rings. The van der Waals surface area contributed by atoms with Gasteiger partial charge in [0, 0.05) is 36.0 Å². The van der Waals surface area contributed by atoms with Crippen LogP contribution in [0.4, 0.5) is 0 Å². The Bertz CT molecular complexity index is 745. The van der Waals surface area contributed by atoms with Gasteiger partial charge in [0.05, 0.1) is 0 Å². The highest BCUT2D eigenvalue weighted by Gasteiger charge is 2.24. The number of fused-ring (bicyclic) bond motifs is 2. The largest absolute Gasteiger partial charge is 0.618 e. The average Bonchev–Trinajstić information content (AvgIpc) is 2.79. The lowest BCUT2D eigenvalue weighted by atomic mass is 9.93. The molecule has 0 saturated carbocycles. The van der Waals surface area contributed by atoms with Crippen molar-refractivity contribution in [3.63, 3.8) is 0 Å². The number of carbonyl (C=O) groups is 1. The summed E-state index contributed by atoms with van der Waals surface area (Å²) in [6.45, 7) is 3.69. The van der Waals surface area contributed by atoms with Gasteiger partial charge >= 0.3 is 0 Å². The molecule has 1 aromatic heterocycles. The molecule has 0 unspecified atom stereocenters. The first kappa shape index (κ1) is 12.2. The average molecular weight is 267 g/mol. The predicted molar refractivity (Wildman–Crippen MR) is 76.6 cm³/mol. The minimum Gasteiger partial charge on any atom is -0.618 e. The number of primary amides is 1. The van der Waals surface area contributed by atoms with Crippen LogP contribution in [0.15, 0.2) is 59.5 Å². The Morgan fingerprint density at radius 2 is 2.25 bits per heavy atom. The van der Waals surface area contributed by atoms with Crippen LogP contribution in [0.5, 0.6) is 0 Å². The van der Waals surface area contributed by atoms with Crippen molar-refractivity contribution in [2.45, 2.75) is 6.42 Å². The van der Waals surface area contributed by atoms with Crippen LogP contribution >= 0.6 is 0 Å². The molecule has 0 bridgehead atoms. The molecule has 0 atom stereocenters. The molecular formula is C15H13N3O2. The second kappa shape index (κ2) is 4.38. The zero-order chi connectivity index (χ0) is 14.3. The van der Waals surface area contributed by atoms with Crippen molar-refractivity contribution < 1.29 is 9.53 Å². The summed E-state index contributed by atoms with van der Waals surface area (Å²) in [4.78, 5) is 11.2. The van der Waals surface area contributed by atoms with Crippen molar-refractivity contribution in [1.29, 1.82) is 0 Å². The van der Waals surface area contributed by atoms with Gasteiger partial charge in [-0.15, -0.1) is 0 Å². The van der Waals surface area contributed by atoms with Gasteiger partial charge in [-0.2, -0.15) is 4.74 Å². The van der Waals surface area contributed by atoms with Crippen LogP contribution in [0, 0.1) is 5.21 Å². The molecule has 2 heterocycles. The monoisotopic (exact) mass is 267 g/mol. The van der Waals surface area contributed by atoms with Crippen LogP contribution in [0.1, 0.15) is 12.1 Å². The maximum Gasteiger partial charge on any atom is 0.248 e. The van der Waals surface area contributed by atoms with Gasteiger partial charge in [-0.1, -0.05) is 12.7 Å². The van der Waals surface area contributed by atoms with Crippen LogP contribution in [0.2, 0.25) is 0 Å². The quantitative estimate of drug-likeness (QED) is 0.501. The molecule has 0 spiro atoms. The van der Waals surface area contributed by atoms with E-state index in [0.717, 1.165) is 21.6 Å². The van der Waals surface area contributed by atoms with Crippen molar-refractivity contribution in [3.05, 3.63) is 70.4 Å². The molecule has 1 amide bonds. The molecule has 0 saturated heterocycles. The van der Waals surface area contributed by atoms with Gasteiger partial charge in [0.2, 0.25) is 17.8 Å². The Labute approximate surface area is 115 Å². The highest BCUT2D eigenvalue weighted by Crippen LogP contribution is 2.30. The van der Waals surface area contributed by atoms with Crippen LogP contribution in [0.25, 0.3) is 6.20 Å². The Balaban J connectivity index is 2.08. The maximum absolute atomic E-state index is 12.1. The molecule has 1 aliphatic carbocycles. The van der Waals surface area contributed by atoms with E-state index in [1.54, 1.807) is 12.2 Å². The van der Waals surface area contributed by atoms with Crippen molar-refractivity contribution in [3.8, 4) is 0 Å². The molecule has 5 nitrogen and oxygen atoms in total. The fourth-order valence-electron chi connectivity index (χ4n) is 2.32. The minimum atomic E-state index is -0.547. The molecule has 3 rings (SSSR count). The summed E-state index contributed by atoms with van der Waals surface area (Å²) in [7, 11) is 0. The van der Waals surface area contributed by atoms with Gasteiger partial charge in [0.1, 0.15) is 5.69 Å². The lowest BCUT2D eigenvalue weighted by Gasteiger charge is -2.16. The summed E-state index contributed by atoms with van der Waals surface area (Å²) in [5.74, 6) is -0.547. The Morgan fingerprint density at radius 1 is 1.45 bits per heavy atom. The summed E-state index contributed by atoms with van der Waals surface area (Å²) in [6, 6.07) is 3.73. The first-order chi connectivity index (χ1) is 9.56. The summed E-state index contributed by atoms with van der Waals surface area (Å²) in [5.41, 5.74) is 8.45. The molecule has 0 radical (unpaired) electrons. The van der Waals surface area contributed by atoms with Gasteiger partial charge in [-0.05, 0) is 17.7 Å². The van der Waals surface area contributed by atoms with E-state index in [-0.39, 0.29) is 5.57 Å². The van der Waals surface area contributed by atoms with Crippen molar-refractivity contribution in [1.82, 2.24) is 4.57 Å². The molecule has 5 heteroatoms. The SMILES string of the molecule is C=C(C(N)=O)C1=CC=C2C(=Cn3cccc3C=[N+]2[O-])C1. The number of allylic oxidation sites excluding steroid dienone is 3. The smallest absolute Gasteiger partial charge is 0.248 e. The Kier molecular flexibility index (Phi) is 2.68. The highest BCUT2D eigenvalue weighted by atomic mass is 16.5. The zero-order valence-corrected chi connectivity index (χ0v) is 10.7. The first-order valence-corrected chi connectivity index (χ1v) is 6.15. The third-order valence-corrected chi connectivity index (χ3v) is 3.43. The number of hydroxylamine groups is 1. The summed E-state index contributed by atoms with van der Waals surface area (Å²) >= 11 is 0. The number of carbonyl (C=O) groups excluding carboxylic acids is 1. The second-order valence-corrected chi connectivity index (χ2v) is 4.71. The van der Waals surface area contributed by atoms with E-state index in [4.69, 9.17) is 5.73 Å². The van der Waals surface area contributed by atoms with E-state index in [2.05, 4.69) is 6.58 Å². The first-order valence-electron chi connectivity index (χ1n) is 6.15. The van der Waals surface area contributed by atoms with Crippen LogP contribution in [-0.2, 0) is 4.79 Å². The lowest BCUT2D eigenvalue weighted by molar-refractivity contribution is -0.391. The Hall–Kier alpha value is -2.82. The van der Waals surface area contributed by atoms with Gasteiger partial charge in [0.15, 0.2) is 0 Å². The predicted octanol–water partition coefficient (Wildman–Crippen LogP) is 1.53. The highest BCUT2D eigenvalue weighted by molar-refractivity contribution is 5.96. The van der Waals surface area contributed by atoms with Gasteiger partial charge in [-0.25, -0.2) is 0 Å². The zero-order valence-electron chi connectivity index (χ0n) is 10.7. The van der Waals surface area contributed by atoms with Crippen LogP contribution in [0.3, 0.4) is 0 Å². The normalized spacial score (nSPS) is 16.8. The molecule has 1 aromatic rings. The van der Waals surface area contributed by atoms with E-state index in [9.17, 15) is 10.0 Å². The number of rotatable bonds is 2. The Morgan fingerprint density at radius 3 is 3.00 bits per heavy atom. The third-order valence-electron chi connectivity index (χ3n) is 3.43. The van der Waals surface area contributed by atoms with Crippen LogP contribution in [-0.4, -0.2) is 21.4 Å². The molecular weight excluding hydrogens is 254 g/mol. The lowest BCUT2D eigenvalue weighted by Crippen LogP contribution is -2.17. The summed E-state index contributed by atoms with van der Waals surface area (Å²) in [6.07, 6.45) is 9.15. The number of nitrogens with two attached hydrogens (primary N) is 1. The summed E-state index contributed by atoms with van der Waals surface area (Å²) in [5, 5.41) is 12.1. The number of hydrogen-bond acceptors (Lipinski definition) is 2. The number of amides is 1. The third kappa shape index (κ3) is 1.89. The van der Waals surface area contributed by atoms with Crippen LogP contribution < -0.4 is 5.73 Å². The van der Waals surface area contributed by atoms with Crippen molar-refractivity contribution in [2.24, 2.45) is 5.73 Å². The van der Waals surface area contributed by atoms with E-state index in [1.165, 1.54) is 6.21 Å². The molecule has 100 valence electrons. The standard InChI is InChI=1S/C15H13N3O2/c1-10(15(16)19)11-4-5-14-12(7-11)8-17-6-2-3-13(17)9-18(14)20/h2-6,8-9H,1,7H2,(H2,16,19). The maximum atomic E-state index is 12.1. The van der Waals surface area contributed by atoms with E-state index < -0.39 is 5.91 Å². The fourth-order valence-corrected chi connectivity index (χ4v) is 2.32. The summed E-state index contributed by atoms with van der Waals surface area (Å²) < 4.78 is 2.71. The van der Waals surface area contributed by atoms with Crippen molar-refractivity contribution >= 4 is 18.3 Å². The van der Waals surface area contributed by atoms with Gasteiger partial charge < -0.3 is 15.5 Å². The number of aromatic nitrogens is 1. The number of nitrogens with zero attached hydrogens (tertiary/aromatic N) is 2. The van der Waals surface area contributed by atoms with Gasteiger partial charge in [-0.3, -0.25) is 4.79 Å². The topological polar surface area (TPSA) is 74.1 Å². The van der Waals surface area contributed by atoms with E-state index in [1.807, 2.05) is 29.1 Å². The van der Waals surface area contributed by atoms with E-state index in [0.29, 0.717) is 12.1 Å². The molecule has 2 N–H and O–H groups in total. The van der Waals surface area contributed by atoms with Crippen molar-refractivity contribution in [2.75, 3.05) is 0 Å². The molecule has 1 aliphatic heterocycles. The minimum absolute atomic E-state index is 0.277. The molecule has 0 fully saturated rings. The van der Waals surface area contributed by atoms with Gasteiger partial charge in [0.25, 0.3) is 0 Å². The second-order valence-electron chi connectivity index (χ2n) is 4.71. The number of hydrogen-bond donors (Lipinski definition) is 1. The molecule has 0 aromatic carbocycles. The molecule has 20 heavy (non-hydrogen) atoms. The van der Waals surface area contributed by atoms with E-state index >= 15 is 0 Å². The fraction of sp³-hybridized carbons (Fsp3) is 0.0667.